The van der Waals surface area contributed by atoms with Crippen LogP contribution in [0.4, 0.5) is 0 Å². The van der Waals surface area contributed by atoms with Gasteiger partial charge in [0, 0.05) is 25.2 Å². The lowest BCUT2D eigenvalue weighted by Crippen LogP contribution is -2.45. The Morgan fingerprint density at radius 1 is 0.875 bits per heavy atom. The fourth-order valence-electron chi connectivity index (χ4n) is 2.10. The second-order valence-corrected chi connectivity index (χ2v) is 5.02. The molecule has 0 spiro atoms. The Kier molecular flexibility index (Phi) is 7.98. The molecular formula is C13H30N2O. The van der Waals surface area contributed by atoms with Gasteiger partial charge in [0.1, 0.15) is 0 Å². The third-order valence-corrected chi connectivity index (χ3v) is 3.11. The topological polar surface area (TPSA) is 26.7 Å². The maximum atomic E-state index is 10.1. The van der Waals surface area contributed by atoms with Crippen molar-refractivity contribution in [3.63, 3.8) is 0 Å². The highest BCUT2D eigenvalue weighted by molar-refractivity contribution is 4.73. The summed E-state index contributed by atoms with van der Waals surface area (Å²) in [4.78, 5) is 4.61. The van der Waals surface area contributed by atoms with Gasteiger partial charge in [0.05, 0.1) is 6.10 Å². The van der Waals surface area contributed by atoms with Crippen LogP contribution >= 0.6 is 0 Å². The van der Waals surface area contributed by atoms with E-state index in [-0.39, 0.29) is 6.10 Å². The zero-order valence-electron chi connectivity index (χ0n) is 11.9. The van der Waals surface area contributed by atoms with Crippen molar-refractivity contribution in [2.75, 3.05) is 26.2 Å². The number of rotatable bonds is 8. The minimum atomic E-state index is -0.246. The van der Waals surface area contributed by atoms with Gasteiger partial charge in [-0.25, -0.2) is 0 Å². The van der Waals surface area contributed by atoms with Gasteiger partial charge >= 0.3 is 0 Å². The third kappa shape index (κ3) is 5.83. The van der Waals surface area contributed by atoms with E-state index in [9.17, 15) is 5.11 Å². The van der Waals surface area contributed by atoms with E-state index in [1.807, 2.05) is 0 Å². The first-order valence-corrected chi connectivity index (χ1v) is 6.58. The highest BCUT2D eigenvalue weighted by atomic mass is 16.3. The Morgan fingerprint density at radius 3 is 1.62 bits per heavy atom. The van der Waals surface area contributed by atoms with E-state index in [2.05, 4.69) is 51.3 Å². The summed E-state index contributed by atoms with van der Waals surface area (Å²) >= 11 is 0. The Morgan fingerprint density at radius 2 is 1.31 bits per heavy atom. The van der Waals surface area contributed by atoms with E-state index in [0.717, 1.165) is 26.2 Å². The molecule has 16 heavy (non-hydrogen) atoms. The Labute approximate surface area is 101 Å². The summed E-state index contributed by atoms with van der Waals surface area (Å²) in [6.45, 7) is 16.6. The standard InChI is InChI=1S/C13H30N2O/c1-7-14(8-2)9-13(16)10-15(11(3)4)12(5)6/h11-13,16H,7-10H2,1-6H3. The van der Waals surface area contributed by atoms with Gasteiger partial charge in [-0.2, -0.15) is 0 Å². The van der Waals surface area contributed by atoms with Crippen molar-refractivity contribution in [1.82, 2.24) is 9.80 Å². The highest BCUT2D eigenvalue weighted by Crippen LogP contribution is 2.06. The molecule has 1 unspecified atom stereocenters. The first-order valence-electron chi connectivity index (χ1n) is 6.58. The number of likely N-dealkylation sites (N-methyl/N-ethyl adjacent to an activating group) is 1. The van der Waals surface area contributed by atoms with Crippen LogP contribution < -0.4 is 0 Å². The van der Waals surface area contributed by atoms with Crippen LogP contribution in [0.1, 0.15) is 41.5 Å². The summed E-state index contributed by atoms with van der Waals surface area (Å²) in [5.41, 5.74) is 0. The summed E-state index contributed by atoms with van der Waals surface area (Å²) in [5, 5.41) is 10.1. The summed E-state index contributed by atoms with van der Waals surface area (Å²) in [6, 6.07) is 0.984. The van der Waals surface area contributed by atoms with Gasteiger partial charge in [-0.3, -0.25) is 4.90 Å². The SMILES string of the molecule is CCN(CC)CC(O)CN(C(C)C)C(C)C. The minimum Gasteiger partial charge on any atom is -0.390 e. The van der Waals surface area contributed by atoms with E-state index in [0.29, 0.717) is 12.1 Å². The van der Waals surface area contributed by atoms with Gasteiger partial charge in [-0.05, 0) is 40.8 Å². The van der Waals surface area contributed by atoms with Crippen LogP contribution in [0.2, 0.25) is 0 Å². The molecule has 0 aliphatic heterocycles. The Bertz CT molecular complexity index is 159. The molecular weight excluding hydrogens is 200 g/mol. The van der Waals surface area contributed by atoms with Gasteiger partial charge in [0.15, 0.2) is 0 Å². The molecule has 3 nitrogen and oxygen atoms in total. The van der Waals surface area contributed by atoms with E-state index in [1.165, 1.54) is 0 Å². The van der Waals surface area contributed by atoms with Crippen LogP contribution in [0.3, 0.4) is 0 Å². The van der Waals surface area contributed by atoms with Crippen LogP contribution in [0, 0.1) is 0 Å². The third-order valence-electron chi connectivity index (χ3n) is 3.11. The van der Waals surface area contributed by atoms with E-state index >= 15 is 0 Å². The van der Waals surface area contributed by atoms with E-state index in [4.69, 9.17) is 0 Å². The van der Waals surface area contributed by atoms with Crippen molar-refractivity contribution in [1.29, 1.82) is 0 Å². The van der Waals surface area contributed by atoms with Crippen molar-refractivity contribution in [3.8, 4) is 0 Å². The van der Waals surface area contributed by atoms with Gasteiger partial charge in [-0.1, -0.05) is 13.8 Å². The minimum absolute atomic E-state index is 0.246. The second-order valence-electron chi connectivity index (χ2n) is 5.02. The summed E-state index contributed by atoms with van der Waals surface area (Å²) < 4.78 is 0. The van der Waals surface area contributed by atoms with Crippen LogP contribution in [-0.2, 0) is 0 Å². The molecule has 3 heteroatoms. The van der Waals surface area contributed by atoms with Crippen LogP contribution in [-0.4, -0.2) is 59.3 Å². The molecule has 0 saturated carbocycles. The fraction of sp³-hybridized carbons (Fsp3) is 1.00. The predicted octanol–water partition coefficient (Wildman–Crippen LogP) is 1.81. The van der Waals surface area contributed by atoms with E-state index < -0.39 is 0 Å². The average molecular weight is 230 g/mol. The molecule has 1 N–H and O–H groups in total. The first-order chi connectivity index (χ1) is 7.42. The zero-order chi connectivity index (χ0) is 12.7. The number of hydrogen-bond donors (Lipinski definition) is 1. The first kappa shape index (κ1) is 15.9. The molecule has 0 aromatic carbocycles. The lowest BCUT2D eigenvalue weighted by molar-refractivity contribution is 0.0517. The van der Waals surface area contributed by atoms with Gasteiger partial charge in [0.25, 0.3) is 0 Å². The van der Waals surface area contributed by atoms with E-state index in [1.54, 1.807) is 0 Å². The summed E-state index contributed by atoms with van der Waals surface area (Å²) in [6.07, 6.45) is -0.246. The number of aliphatic hydroxyl groups excluding tert-OH is 1. The maximum absolute atomic E-state index is 10.1. The lowest BCUT2D eigenvalue weighted by atomic mass is 10.2. The predicted molar refractivity (Wildman–Crippen MR) is 70.8 cm³/mol. The molecule has 0 aromatic heterocycles. The summed E-state index contributed by atoms with van der Waals surface area (Å²) in [5.74, 6) is 0. The van der Waals surface area contributed by atoms with Gasteiger partial charge < -0.3 is 10.0 Å². The molecule has 0 amide bonds. The monoisotopic (exact) mass is 230 g/mol. The van der Waals surface area contributed by atoms with Gasteiger partial charge in [0.2, 0.25) is 0 Å². The van der Waals surface area contributed by atoms with Crippen molar-refractivity contribution in [2.45, 2.75) is 59.7 Å². The van der Waals surface area contributed by atoms with Crippen LogP contribution in [0.5, 0.6) is 0 Å². The molecule has 0 radical (unpaired) electrons. The average Bonchev–Trinajstić information content (AvgIpc) is 2.21. The fourth-order valence-corrected chi connectivity index (χ4v) is 2.10. The molecule has 0 aliphatic rings. The second kappa shape index (κ2) is 8.04. The molecule has 0 heterocycles. The number of aliphatic hydroxyl groups is 1. The summed E-state index contributed by atoms with van der Waals surface area (Å²) in [7, 11) is 0. The highest BCUT2D eigenvalue weighted by Gasteiger charge is 2.18. The van der Waals surface area contributed by atoms with Crippen molar-refractivity contribution in [2.24, 2.45) is 0 Å². The van der Waals surface area contributed by atoms with Crippen molar-refractivity contribution >= 4 is 0 Å². The maximum Gasteiger partial charge on any atom is 0.0794 e. The van der Waals surface area contributed by atoms with Crippen LogP contribution in [0.25, 0.3) is 0 Å². The Hall–Kier alpha value is -0.120. The van der Waals surface area contributed by atoms with Crippen molar-refractivity contribution in [3.05, 3.63) is 0 Å². The van der Waals surface area contributed by atoms with Crippen LogP contribution in [0.15, 0.2) is 0 Å². The molecule has 0 aromatic rings. The smallest absolute Gasteiger partial charge is 0.0794 e. The molecule has 98 valence electrons. The quantitative estimate of drug-likeness (QED) is 0.689. The number of hydrogen-bond acceptors (Lipinski definition) is 3. The van der Waals surface area contributed by atoms with Crippen molar-refractivity contribution < 1.29 is 5.11 Å². The molecule has 0 saturated heterocycles. The lowest BCUT2D eigenvalue weighted by Gasteiger charge is -2.33. The number of nitrogens with zero attached hydrogens (tertiary/aromatic N) is 2. The molecule has 0 rings (SSSR count). The van der Waals surface area contributed by atoms with Gasteiger partial charge in [-0.15, -0.1) is 0 Å². The molecule has 0 bridgehead atoms. The molecule has 0 fully saturated rings. The largest absolute Gasteiger partial charge is 0.390 e. The Balaban J connectivity index is 4.13. The normalized spacial score (nSPS) is 14.4. The molecule has 1 atom stereocenters. The molecule has 0 aliphatic carbocycles. The zero-order valence-corrected chi connectivity index (χ0v) is 11.9.